The number of nitrogens with zero attached hydrogens (tertiary/aromatic N) is 4. The van der Waals surface area contributed by atoms with Gasteiger partial charge in [-0.05, 0) is 0 Å². The molecule has 0 aliphatic carbocycles. The minimum absolute atomic E-state index is 0.0989. The highest BCUT2D eigenvalue weighted by atomic mass is 19.4. The highest BCUT2D eigenvalue weighted by Gasteiger charge is 2.30. The number of anilines is 1. The summed E-state index contributed by atoms with van der Waals surface area (Å²) in [5.41, 5.74) is 0.995. The number of carbonyl (C=O) groups is 1. The van der Waals surface area contributed by atoms with Gasteiger partial charge in [0.15, 0.2) is 17.5 Å². The second-order valence-electron chi connectivity index (χ2n) is 5.86. The van der Waals surface area contributed by atoms with Gasteiger partial charge in [0.25, 0.3) is 0 Å². The Labute approximate surface area is 160 Å². The molecule has 0 aliphatic rings. The molecule has 0 aromatic carbocycles. The lowest BCUT2D eigenvalue weighted by molar-refractivity contribution is -0.139. The average Bonchev–Trinajstić information content (AvgIpc) is 3.11. The Balaban J connectivity index is 1.85. The molecule has 1 unspecified atom stereocenters. The van der Waals surface area contributed by atoms with Crippen molar-refractivity contribution in [1.29, 1.82) is 0 Å². The van der Waals surface area contributed by atoms with E-state index in [2.05, 4.69) is 30.2 Å². The normalized spacial score (nSPS) is 12.7. The van der Waals surface area contributed by atoms with Crippen LogP contribution in [-0.2, 0) is 9.53 Å². The topological polar surface area (TPSA) is 118 Å². The Kier molecular flexibility index (Phi) is 5.87. The van der Waals surface area contributed by atoms with Crippen LogP contribution in [0.25, 0.3) is 22.4 Å². The number of alkyl halides is 3. The van der Waals surface area contributed by atoms with Crippen LogP contribution in [0.5, 0.6) is 0 Å². The third-order valence-electron chi connectivity index (χ3n) is 3.76. The van der Waals surface area contributed by atoms with E-state index in [1.54, 1.807) is 11.5 Å². The van der Waals surface area contributed by atoms with Gasteiger partial charge in [-0.3, -0.25) is 4.79 Å². The molecule has 3 heterocycles. The molecule has 0 spiro atoms. The molecule has 3 N–H and O–H groups in total. The summed E-state index contributed by atoms with van der Waals surface area (Å²) in [7, 11) is 1.25. The van der Waals surface area contributed by atoms with Crippen LogP contribution in [-0.4, -0.2) is 63.3 Å². The maximum Gasteiger partial charge on any atom is 0.405 e. The van der Waals surface area contributed by atoms with Crippen molar-refractivity contribution in [3.05, 3.63) is 30.7 Å². The zero-order chi connectivity index (χ0) is 21.0. The van der Waals surface area contributed by atoms with Gasteiger partial charge in [-0.25, -0.2) is 24.3 Å². The van der Waals surface area contributed by atoms with Crippen molar-refractivity contribution in [2.24, 2.45) is 0 Å². The molecule has 154 valence electrons. The van der Waals surface area contributed by atoms with Crippen molar-refractivity contribution in [2.75, 3.05) is 25.6 Å². The third-order valence-corrected chi connectivity index (χ3v) is 3.76. The number of hydrogen-bond donors (Lipinski definition) is 3. The SMILES string of the molecule is COCC(Nc1nc(-c2c[nH]c3ncncc23)ncc1F)C(=O)NCC(F)(F)F. The van der Waals surface area contributed by atoms with Gasteiger partial charge in [-0.15, -0.1) is 0 Å². The predicted octanol–water partition coefficient (Wildman–Crippen LogP) is 1.66. The third kappa shape index (κ3) is 4.93. The lowest BCUT2D eigenvalue weighted by atomic mass is 10.2. The summed E-state index contributed by atoms with van der Waals surface area (Å²) in [6.07, 6.45) is 0.712. The molecule has 3 rings (SSSR count). The van der Waals surface area contributed by atoms with Crippen molar-refractivity contribution in [3.8, 4) is 11.4 Å². The van der Waals surface area contributed by atoms with Crippen LogP contribution in [0.3, 0.4) is 0 Å². The van der Waals surface area contributed by atoms with Crippen LogP contribution < -0.4 is 10.6 Å². The predicted molar refractivity (Wildman–Crippen MR) is 93.2 cm³/mol. The van der Waals surface area contributed by atoms with Gasteiger partial charge in [0.05, 0.1) is 12.8 Å². The Bertz CT molecular complexity index is 1010. The molecule has 3 aromatic heterocycles. The van der Waals surface area contributed by atoms with E-state index in [-0.39, 0.29) is 18.2 Å². The number of hydrogen-bond acceptors (Lipinski definition) is 7. The quantitative estimate of drug-likeness (QED) is 0.504. The first-order valence-corrected chi connectivity index (χ1v) is 8.18. The molecule has 0 saturated heterocycles. The van der Waals surface area contributed by atoms with Gasteiger partial charge in [0, 0.05) is 30.5 Å². The molecule has 0 saturated carbocycles. The number of rotatable bonds is 7. The minimum atomic E-state index is -4.59. The van der Waals surface area contributed by atoms with E-state index in [0.717, 1.165) is 6.20 Å². The minimum Gasteiger partial charge on any atom is -0.382 e. The molecular weight excluding hydrogens is 398 g/mol. The Morgan fingerprint density at radius 3 is 2.83 bits per heavy atom. The van der Waals surface area contributed by atoms with Crippen LogP contribution in [0, 0.1) is 5.82 Å². The zero-order valence-electron chi connectivity index (χ0n) is 14.9. The summed E-state index contributed by atoms with van der Waals surface area (Å²) in [6, 6.07) is -1.31. The molecular formula is C16H15F4N7O2. The first-order valence-electron chi connectivity index (χ1n) is 8.18. The molecule has 1 atom stereocenters. The largest absolute Gasteiger partial charge is 0.405 e. The zero-order valence-corrected chi connectivity index (χ0v) is 14.9. The van der Waals surface area contributed by atoms with Crippen molar-refractivity contribution >= 4 is 22.8 Å². The lowest BCUT2D eigenvalue weighted by Crippen LogP contribution is -2.45. The monoisotopic (exact) mass is 413 g/mol. The number of ether oxygens (including phenoxy) is 1. The number of H-pyrrole nitrogens is 1. The first-order chi connectivity index (χ1) is 13.8. The maximum atomic E-state index is 14.2. The van der Waals surface area contributed by atoms with E-state index in [4.69, 9.17) is 4.74 Å². The average molecular weight is 413 g/mol. The molecule has 0 bridgehead atoms. The number of aromatic nitrogens is 5. The van der Waals surface area contributed by atoms with Gasteiger partial charge < -0.3 is 20.4 Å². The smallest absolute Gasteiger partial charge is 0.382 e. The Morgan fingerprint density at radius 2 is 2.10 bits per heavy atom. The summed E-state index contributed by atoms with van der Waals surface area (Å²) in [5, 5.41) is 4.77. The fourth-order valence-corrected chi connectivity index (χ4v) is 2.47. The van der Waals surface area contributed by atoms with E-state index in [9.17, 15) is 22.4 Å². The fourth-order valence-electron chi connectivity index (χ4n) is 2.47. The number of fused-ring (bicyclic) bond motifs is 1. The summed E-state index contributed by atoms with van der Waals surface area (Å²) in [6.45, 7) is -1.84. The van der Waals surface area contributed by atoms with Crippen molar-refractivity contribution in [1.82, 2.24) is 30.2 Å². The van der Waals surface area contributed by atoms with Gasteiger partial charge >= 0.3 is 6.18 Å². The second kappa shape index (κ2) is 8.34. The highest BCUT2D eigenvalue weighted by molar-refractivity contribution is 5.91. The van der Waals surface area contributed by atoms with Gasteiger partial charge in [-0.1, -0.05) is 0 Å². The summed E-state index contributed by atoms with van der Waals surface area (Å²) >= 11 is 0. The van der Waals surface area contributed by atoms with E-state index in [1.165, 1.54) is 19.6 Å². The molecule has 13 heteroatoms. The van der Waals surface area contributed by atoms with Crippen LogP contribution in [0.15, 0.2) is 24.9 Å². The van der Waals surface area contributed by atoms with Crippen molar-refractivity contribution in [3.63, 3.8) is 0 Å². The van der Waals surface area contributed by atoms with E-state index in [0.29, 0.717) is 16.6 Å². The van der Waals surface area contributed by atoms with Crippen LogP contribution in [0.1, 0.15) is 0 Å². The number of methoxy groups -OCH3 is 1. The molecule has 0 radical (unpaired) electrons. The standard InChI is InChI=1S/C16H15F4N7O2/c1-29-5-11(15(28)24-6-16(18,19)20)26-14-10(17)4-23-13(27-14)9-3-22-12-8(9)2-21-7-25-12/h2-4,7,11H,5-6H2,1H3,(H,24,28)(H,21,22,25)(H,23,26,27). The van der Waals surface area contributed by atoms with Gasteiger partial charge in [-0.2, -0.15) is 13.2 Å². The van der Waals surface area contributed by atoms with Crippen LogP contribution >= 0.6 is 0 Å². The van der Waals surface area contributed by atoms with Gasteiger partial charge in [0.2, 0.25) is 5.91 Å². The second-order valence-corrected chi connectivity index (χ2v) is 5.86. The molecule has 0 fully saturated rings. The maximum absolute atomic E-state index is 14.2. The number of amides is 1. The number of carbonyl (C=O) groups excluding carboxylic acids is 1. The molecule has 1 amide bonds. The van der Waals surface area contributed by atoms with Crippen molar-refractivity contribution in [2.45, 2.75) is 12.2 Å². The fraction of sp³-hybridized carbons (Fsp3) is 0.312. The molecule has 29 heavy (non-hydrogen) atoms. The summed E-state index contributed by atoms with van der Waals surface area (Å²) in [4.78, 5) is 30.8. The molecule has 9 nitrogen and oxygen atoms in total. The lowest BCUT2D eigenvalue weighted by Gasteiger charge is -2.19. The summed E-state index contributed by atoms with van der Waals surface area (Å²) < 4.78 is 56.0. The first kappa shape index (κ1) is 20.4. The van der Waals surface area contributed by atoms with Crippen molar-refractivity contribution < 1.29 is 27.1 Å². The van der Waals surface area contributed by atoms with Crippen LogP contribution in [0.4, 0.5) is 23.4 Å². The van der Waals surface area contributed by atoms with E-state index < -0.39 is 30.5 Å². The highest BCUT2D eigenvalue weighted by Crippen LogP contribution is 2.25. The number of nitrogens with one attached hydrogen (secondary N) is 3. The van der Waals surface area contributed by atoms with Gasteiger partial charge in [0.1, 0.15) is 24.6 Å². The Hall–Kier alpha value is -3.35. The van der Waals surface area contributed by atoms with E-state index >= 15 is 0 Å². The number of aromatic amines is 1. The van der Waals surface area contributed by atoms with E-state index in [1.807, 2.05) is 0 Å². The Morgan fingerprint density at radius 1 is 1.31 bits per heavy atom. The molecule has 0 aliphatic heterocycles. The molecule has 3 aromatic rings. The van der Waals surface area contributed by atoms with Crippen LogP contribution in [0.2, 0.25) is 0 Å². The summed E-state index contributed by atoms with van der Waals surface area (Å²) in [5.74, 6) is -2.19. The number of halogens is 4.